The molecule has 0 amide bonds. The van der Waals surface area contributed by atoms with Gasteiger partial charge in [0.15, 0.2) is 16.6 Å². The number of rotatable bonds is 8. The third-order valence-electron chi connectivity index (χ3n) is 10.0. The van der Waals surface area contributed by atoms with Crippen molar-refractivity contribution in [1.29, 1.82) is 0 Å². The highest BCUT2D eigenvalue weighted by atomic mass is 28.4. The highest BCUT2D eigenvalue weighted by Gasteiger charge is 2.69. The average Bonchev–Trinajstić information content (AvgIpc) is 3.07. The molecule has 0 heterocycles. The molecule has 4 aliphatic rings. The molecule has 1 N–H and O–H groups in total. The zero-order valence-corrected chi connectivity index (χ0v) is 27.5. The molecular formula is C29H52N2O5Si2. The van der Waals surface area contributed by atoms with Crippen molar-refractivity contribution in [2.24, 2.45) is 38.9 Å². The van der Waals surface area contributed by atoms with E-state index in [1.54, 1.807) is 14.2 Å². The van der Waals surface area contributed by atoms with Gasteiger partial charge in [0.25, 0.3) is 0 Å². The van der Waals surface area contributed by atoms with Crippen molar-refractivity contribution < 1.29 is 23.6 Å². The molecule has 9 heteroatoms. The fraction of sp³-hybridized carbons (Fsp3) is 0.862. The van der Waals surface area contributed by atoms with Crippen LogP contribution in [0.5, 0.6) is 0 Å². The molecule has 3 saturated carbocycles. The van der Waals surface area contributed by atoms with E-state index in [0.29, 0.717) is 24.9 Å². The van der Waals surface area contributed by atoms with Crippen LogP contribution in [0.4, 0.5) is 0 Å². The van der Waals surface area contributed by atoms with Crippen molar-refractivity contribution in [1.82, 2.24) is 0 Å². The summed E-state index contributed by atoms with van der Waals surface area (Å²) in [5.41, 5.74) is 2.50. The van der Waals surface area contributed by atoms with Crippen molar-refractivity contribution in [3.63, 3.8) is 0 Å². The number of allylic oxidation sites excluding steroid dienone is 2. The van der Waals surface area contributed by atoms with E-state index in [-0.39, 0.29) is 16.7 Å². The second-order valence-corrected chi connectivity index (χ2v) is 23.5. The number of aliphatic hydroxyl groups excluding tert-OH is 1. The maximum absolute atomic E-state index is 12.1. The van der Waals surface area contributed by atoms with Crippen LogP contribution in [0.1, 0.15) is 58.8 Å². The first-order valence-corrected chi connectivity index (χ1v) is 21.4. The Labute approximate surface area is 232 Å². The summed E-state index contributed by atoms with van der Waals surface area (Å²) in [6, 6.07) is 0. The minimum Gasteiger partial charge on any atom is -0.412 e. The highest BCUT2D eigenvalue weighted by Crippen LogP contribution is 2.68. The van der Waals surface area contributed by atoms with Gasteiger partial charge in [-0.15, -0.1) is 0 Å². The monoisotopic (exact) mass is 564 g/mol. The second-order valence-electron chi connectivity index (χ2n) is 14.6. The Kier molecular flexibility index (Phi) is 8.23. The fourth-order valence-corrected chi connectivity index (χ4v) is 10.8. The SMILES string of the molecule is CO/N=C1\C=C2CC[C@@H]3[C@H]([C@@H](O)C[C@@]4(C)[C@H]3CC[C@]4(O[Si](C)(C)C)/C(CO[Si](C)(C)C)=N/OC)[C@@]2(C)CC1. The Morgan fingerprint density at radius 1 is 1.00 bits per heavy atom. The summed E-state index contributed by atoms with van der Waals surface area (Å²) >= 11 is 0. The van der Waals surface area contributed by atoms with E-state index in [2.05, 4.69) is 69.5 Å². The summed E-state index contributed by atoms with van der Waals surface area (Å²) in [4.78, 5) is 10.6. The summed E-state index contributed by atoms with van der Waals surface area (Å²) in [6.45, 7) is 18.6. The molecular weight excluding hydrogens is 513 g/mol. The standard InChI is InChI=1S/C29H52N2O5Si2/c1-27-15-13-21(30-33-3)17-20(27)11-12-22-23-14-16-29(36-38(8,9)10,28(23,2)18-24(32)26(22)27)25(31-34-4)19-35-37(5,6)7/h17,22-24,26,32H,11-16,18-19H2,1-10H3/b30-21-,31-25+/t22-,23-,24-,26+,27-,28-,29-/m0/s1. The van der Waals surface area contributed by atoms with Crippen LogP contribution >= 0.6 is 0 Å². The molecule has 0 radical (unpaired) electrons. The van der Waals surface area contributed by atoms with Crippen LogP contribution in [0.2, 0.25) is 39.3 Å². The van der Waals surface area contributed by atoms with Crippen molar-refractivity contribution in [2.75, 3.05) is 20.8 Å². The highest BCUT2D eigenvalue weighted by molar-refractivity contribution is 6.70. The van der Waals surface area contributed by atoms with Crippen LogP contribution in [0, 0.1) is 28.6 Å². The van der Waals surface area contributed by atoms with Gasteiger partial charge in [-0.05, 0) is 113 Å². The van der Waals surface area contributed by atoms with Crippen LogP contribution in [-0.2, 0) is 18.5 Å². The van der Waals surface area contributed by atoms with Gasteiger partial charge in [-0.1, -0.05) is 29.7 Å². The molecule has 4 aliphatic carbocycles. The molecule has 0 aromatic heterocycles. The Balaban J connectivity index is 1.75. The van der Waals surface area contributed by atoms with Crippen LogP contribution in [0.3, 0.4) is 0 Å². The Bertz CT molecular complexity index is 986. The van der Waals surface area contributed by atoms with Crippen molar-refractivity contribution in [3.8, 4) is 0 Å². The lowest BCUT2D eigenvalue weighted by Gasteiger charge is -2.62. The average molecular weight is 565 g/mol. The van der Waals surface area contributed by atoms with Gasteiger partial charge in [0.2, 0.25) is 0 Å². The van der Waals surface area contributed by atoms with Crippen LogP contribution in [-0.4, -0.2) is 65.7 Å². The molecule has 0 aromatic carbocycles. The summed E-state index contributed by atoms with van der Waals surface area (Å²) in [5.74, 6) is 1.14. The first kappa shape index (κ1) is 30.0. The summed E-state index contributed by atoms with van der Waals surface area (Å²) < 4.78 is 13.7. The molecule has 3 fully saturated rings. The lowest BCUT2D eigenvalue weighted by atomic mass is 9.45. The molecule has 7 nitrogen and oxygen atoms in total. The van der Waals surface area contributed by atoms with Gasteiger partial charge in [-0.2, -0.15) is 0 Å². The maximum Gasteiger partial charge on any atom is 0.185 e. The lowest BCUT2D eigenvalue weighted by molar-refractivity contribution is -0.148. The minimum atomic E-state index is -2.01. The van der Waals surface area contributed by atoms with Gasteiger partial charge in [-0.25, -0.2) is 0 Å². The second kappa shape index (κ2) is 10.4. The van der Waals surface area contributed by atoms with E-state index in [9.17, 15) is 5.11 Å². The van der Waals surface area contributed by atoms with Gasteiger partial charge < -0.3 is 23.6 Å². The van der Waals surface area contributed by atoms with Crippen LogP contribution in [0.25, 0.3) is 0 Å². The zero-order chi connectivity index (χ0) is 28.1. The first-order valence-electron chi connectivity index (χ1n) is 14.5. The summed E-state index contributed by atoms with van der Waals surface area (Å²) in [7, 11) is -0.562. The summed E-state index contributed by atoms with van der Waals surface area (Å²) in [5, 5.41) is 20.9. The number of aliphatic hydroxyl groups is 1. The van der Waals surface area contributed by atoms with Crippen molar-refractivity contribution >= 4 is 28.1 Å². The minimum absolute atomic E-state index is 0.00823. The number of hydrogen-bond donors (Lipinski definition) is 1. The molecule has 0 spiro atoms. The molecule has 0 bridgehead atoms. The van der Waals surface area contributed by atoms with Crippen molar-refractivity contribution in [3.05, 3.63) is 11.6 Å². The van der Waals surface area contributed by atoms with E-state index in [4.69, 9.17) is 18.5 Å². The predicted octanol–water partition coefficient (Wildman–Crippen LogP) is 6.37. The third kappa shape index (κ3) is 5.22. The number of oxime groups is 2. The molecule has 0 aromatic rings. The molecule has 0 saturated heterocycles. The quantitative estimate of drug-likeness (QED) is 0.211. The van der Waals surface area contributed by atoms with Gasteiger partial charge in [0.05, 0.1) is 18.4 Å². The van der Waals surface area contributed by atoms with Gasteiger partial charge >= 0.3 is 0 Å². The smallest absolute Gasteiger partial charge is 0.185 e. The van der Waals surface area contributed by atoms with E-state index in [1.807, 2.05) is 0 Å². The van der Waals surface area contributed by atoms with Gasteiger partial charge in [0, 0.05) is 5.41 Å². The van der Waals surface area contributed by atoms with Crippen LogP contribution in [0.15, 0.2) is 22.0 Å². The van der Waals surface area contributed by atoms with Gasteiger partial charge in [-0.3, -0.25) is 0 Å². The maximum atomic E-state index is 12.1. The Morgan fingerprint density at radius 3 is 2.32 bits per heavy atom. The molecule has 0 unspecified atom stereocenters. The number of fused-ring (bicyclic) bond motifs is 5. The molecule has 4 rings (SSSR count). The Morgan fingerprint density at radius 2 is 1.71 bits per heavy atom. The third-order valence-corrected chi connectivity index (χ3v) is 12.0. The van der Waals surface area contributed by atoms with E-state index in [0.717, 1.165) is 49.9 Å². The van der Waals surface area contributed by atoms with E-state index in [1.165, 1.54) is 5.57 Å². The van der Waals surface area contributed by atoms with E-state index < -0.39 is 28.3 Å². The largest absolute Gasteiger partial charge is 0.412 e. The van der Waals surface area contributed by atoms with Crippen LogP contribution < -0.4 is 0 Å². The predicted molar refractivity (Wildman–Crippen MR) is 158 cm³/mol. The Hall–Kier alpha value is -1.01. The number of hydrogen-bond acceptors (Lipinski definition) is 7. The van der Waals surface area contributed by atoms with E-state index >= 15 is 0 Å². The zero-order valence-electron chi connectivity index (χ0n) is 25.5. The van der Waals surface area contributed by atoms with Gasteiger partial charge in [0.1, 0.15) is 25.5 Å². The summed E-state index contributed by atoms with van der Waals surface area (Å²) in [6.07, 6.45) is 8.60. The topological polar surface area (TPSA) is 81.9 Å². The normalized spacial score (nSPS) is 40.8. The molecule has 0 aliphatic heterocycles. The first-order chi connectivity index (χ1) is 17.6. The molecule has 216 valence electrons. The fourth-order valence-electron chi connectivity index (χ4n) is 8.71. The number of nitrogens with zero attached hydrogens (tertiary/aromatic N) is 2. The molecule has 38 heavy (non-hydrogen) atoms. The lowest BCUT2D eigenvalue weighted by Crippen LogP contribution is -2.64. The molecule has 7 atom stereocenters. The van der Waals surface area contributed by atoms with Crippen molar-refractivity contribution in [2.45, 2.75) is 110 Å².